The fourth-order valence-corrected chi connectivity index (χ4v) is 2.51. The van der Waals surface area contributed by atoms with Crippen LogP contribution in [0.5, 0.6) is 5.75 Å². The van der Waals surface area contributed by atoms with Gasteiger partial charge in [-0.1, -0.05) is 30.3 Å². The Balaban J connectivity index is 1.89. The van der Waals surface area contributed by atoms with Crippen molar-refractivity contribution in [3.63, 3.8) is 0 Å². The Bertz CT molecular complexity index is 948. The smallest absolute Gasteiger partial charge is 0.222 e. The number of hydrogen-bond donors (Lipinski definition) is 2. The molecule has 6 nitrogen and oxygen atoms in total. The number of nitrogens with zero attached hydrogens (tertiary/aromatic N) is 3. The lowest BCUT2D eigenvalue weighted by atomic mass is 10.0. The Morgan fingerprint density at radius 2 is 1.84 bits per heavy atom. The first-order chi connectivity index (χ1) is 12.1. The number of benzene rings is 2. The summed E-state index contributed by atoms with van der Waals surface area (Å²) < 4.78 is 5.87. The van der Waals surface area contributed by atoms with Crippen LogP contribution in [0.25, 0.3) is 11.3 Å². The first-order valence-corrected chi connectivity index (χ1v) is 7.69. The summed E-state index contributed by atoms with van der Waals surface area (Å²) in [6, 6.07) is 17.5. The highest BCUT2D eigenvalue weighted by molar-refractivity contribution is 5.74. The Kier molecular flexibility index (Phi) is 4.48. The van der Waals surface area contributed by atoms with Gasteiger partial charge in [-0.2, -0.15) is 10.2 Å². The summed E-state index contributed by atoms with van der Waals surface area (Å²) in [5.74, 6) is 0.877. The quantitative estimate of drug-likeness (QED) is 0.760. The maximum absolute atomic E-state index is 9.31. The Hall–Kier alpha value is -3.59. The molecule has 3 aromatic rings. The zero-order chi connectivity index (χ0) is 17.8. The lowest BCUT2D eigenvalue weighted by molar-refractivity contribution is 0.304. The molecule has 0 aliphatic rings. The van der Waals surface area contributed by atoms with Crippen molar-refractivity contribution < 1.29 is 4.74 Å². The molecule has 0 unspecified atom stereocenters. The Labute approximate surface area is 145 Å². The van der Waals surface area contributed by atoms with Crippen LogP contribution < -0.4 is 16.2 Å². The molecular weight excluding hydrogens is 314 g/mol. The zero-order valence-electron chi connectivity index (χ0n) is 13.7. The summed E-state index contributed by atoms with van der Waals surface area (Å²) >= 11 is 0. The molecule has 6 heteroatoms. The van der Waals surface area contributed by atoms with Crippen LogP contribution in [0.2, 0.25) is 0 Å². The highest BCUT2D eigenvalue weighted by atomic mass is 16.5. The molecule has 0 amide bonds. The molecule has 0 saturated carbocycles. The van der Waals surface area contributed by atoms with Gasteiger partial charge >= 0.3 is 0 Å². The monoisotopic (exact) mass is 331 g/mol. The second-order valence-electron chi connectivity index (χ2n) is 5.56. The predicted molar refractivity (Wildman–Crippen MR) is 96.5 cm³/mol. The summed E-state index contributed by atoms with van der Waals surface area (Å²) in [6.45, 7) is 2.42. The third-order valence-electron chi connectivity index (χ3n) is 3.75. The van der Waals surface area contributed by atoms with Crippen molar-refractivity contribution in [3.8, 4) is 23.1 Å². The highest BCUT2D eigenvalue weighted by Gasteiger charge is 2.14. The summed E-state index contributed by atoms with van der Waals surface area (Å²) in [5, 5.41) is 9.31. The number of ether oxygens (including phenoxy) is 1. The van der Waals surface area contributed by atoms with Crippen LogP contribution in [0.4, 0.5) is 11.8 Å². The van der Waals surface area contributed by atoms with Gasteiger partial charge in [-0.3, -0.25) is 0 Å². The van der Waals surface area contributed by atoms with E-state index in [2.05, 4.69) is 9.97 Å². The minimum absolute atomic E-state index is 0.0357. The third-order valence-corrected chi connectivity index (χ3v) is 3.75. The largest absolute Gasteiger partial charge is 0.489 e. The highest BCUT2D eigenvalue weighted by Crippen LogP contribution is 2.29. The predicted octanol–water partition coefficient (Wildman–Crippen LogP) is 3.07. The van der Waals surface area contributed by atoms with Crippen molar-refractivity contribution in [2.24, 2.45) is 0 Å². The number of anilines is 2. The molecule has 124 valence electrons. The minimum atomic E-state index is 0.0357. The normalized spacial score (nSPS) is 10.2. The van der Waals surface area contributed by atoms with E-state index in [1.165, 1.54) is 0 Å². The summed E-state index contributed by atoms with van der Waals surface area (Å²) in [7, 11) is 0. The molecule has 0 spiro atoms. The SMILES string of the molecule is Cc1cc(-c2nc(N)nc(N)c2C#N)ccc1OCc1ccccc1. The van der Waals surface area contributed by atoms with Gasteiger partial charge in [0.1, 0.15) is 29.8 Å². The summed E-state index contributed by atoms with van der Waals surface area (Å²) in [6.07, 6.45) is 0. The van der Waals surface area contributed by atoms with Gasteiger partial charge in [-0.15, -0.1) is 0 Å². The Morgan fingerprint density at radius 1 is 1.08 bits per heavy atom. The zero-order valence-corrected chi connectivity index (χ0v) is 13.7. The molecule has 0 bridgehead atoms. The van der Waals surface area contributed by atoms with Crippen LogP contribution in [-0.4, -0.2) is 9.97 Å². The number of aromatic nitrogens is 2. The van der Waals surface area contributed by atoms with E-state index in [4.69, 9.17) is 16.2 Å². The number of aryl methyl sites for hydroxylation is 1. The van der Waals surface area contributed by atoms with Crippen LogP contribution in [0.1, 0.15) is 16.7 Å². The van der Waals surface area contributed by atoms with E-state index in [0.717, 1.165) is 22.4 Å². The number of nitrogens with two attached hydrogens (primary N) is 2. The summed E-state index contributed by atoms with van der Waals surface area (Å²) in [4.78, 5) is 7.99. The second-order valence-corrected chi connectivity index (χ2v) is 5.56. The van der Waals surface area contributed by atoms with Gasteiger partial charge in [-0.25, -0.2) is 4.98 Å². The molecule has 3 rings (SSSR count). The fraction of sp³-hybridized carbons (Fsp3) is 0.105. The van der Waals surface area contributed by atoms with Gasteiger partial charge in [0.15, 0.2) is 0 Å². The molecule has 25 heavy (non-hydrogen) atoms. The average molecular weight is 331 g/mol. The molecule has 0 saturated heterocycles. The molecule has 0 fully saturated rings. The molecule has 0 aliphatic carbocycles. The number of hydrogen-bond acceptors (Lipinski definition) is 6. The number of nitriles is 1. The van der Waals surface area contributed by atoms with Crippen molar-refractivity contribution in [1.29, 1.82) is 5.26 Å². The maximum atomic E-state index is 9.31. The molecule has 0 radical (unpaired) electrons. The van der Waals surface area contributed by atoms with E-state index in [1.54, 1.807) is 0 Å². The standard InChI is InChI=1S/C19H17N5O/c1-12-9-14(17-15(10-20)18(21)24-19(22)23-17)7-8-16(12)25-11-13-5-3-2-4-6-13/h2-9H,11H2,1H3,(H4,21,22,23,24). The van der Waals surface area contributed by atoms with Crippen LogP contribution >= 0.6 is 0 Å². The van der Waals surface area contributed by atoms with Gasteiger partial charge in [0.25, 0.3) is 0 Å². The maximum Gasteiger partial charge on any atom is 0.222 e. The van der Waals surface area contributed by atoms with E-state index in [-0.39, 0.29) is 17.3 Å². The third kappa shape index (κ3) is 3.51. The first-order valence-electron chi connectivity index (χ1n) is 7.69. The van der Waals surface area contributed by atoms with Crippen molar-refractivity contribution in [2.45, 2.75) is 13.5 Å². The van der Waals surface area contributed by atoms with Gasteiger partial charge in [0.05, 0.1) is 5.69 Å². The van der Waals surface area contributed by atoms with E-state index in [9.17, 15) is 5.26 Å². The van der Waals surface area contributed by atoms with Gasteiger partial charge in [0, 0.05) is 5.56 Å². The van der Waals surface area contributed by atoms with Gasteiger partial charge in [0.2, 0.25) is 5.95 Å². The molecule has 1 heterocycles. The Morgan fingerprint density at radius 3 is 2.52 bits per heavy atom. The van der Waals surface area contributed by atoms with Crippen LogP contribution in [0.15, 0.2) is 48.5 Å². The molecular formula is C19H17N5O. The molecule has 0 aliphatic heterocycles. The first kappa shape index (κ1) is 16.3. The number of rotatable bonds is 4. The minimum Gasteiger partial charge on any atom is -0.489 e. The second kappa shape index (κ2) is 6.89. The fourth-order valence-electron chi connectivity index (χ4n) is 2.51. The lowest BCUT2D eigenvalue weighted by Gasteiger charge is -2.12. The summed E-state index contributed by atoms with van der Waals surface area (Å²) in [5.41, 5.74) is 14.8. The molecule has 4 N–H and O–H groups in total. The van der Waals surface area contributed by atoms with Gasteiger partial charge < -0.3 is 16.2 Å². The van der Waals surface area contributed by atoms with Crippen molar-refractivity contribution >= 4 is 11.8 Å². The van der Waals surface area contributed by atoms with Crippen LogP contribution in [0.3, 0.4) is 0 Å². The van der Waals surface area contributed by atoms with Crippen molar-refractivity contribution in [1.82, 2.24) is 9.97 Å². The molecule has 0 atom stereocenters. The lowest BCUT2D eigenvalue weighted by Crippen LogP contribution is -2.05. The van der Waals surface area contributed by atoms with E-state index in [1.807, 2.05) is 61.5 Å². The van der Waals surface area contributed by atoms with E-state index in [0.29, 0.717) is 12.3 Å². The van der Waals surface area contributed by atoms with E-state index >= 15 is 0 Å². The van der Waals surface area contributed by atoms with Gasteiger partial charge in [-0.05, 0) is 36.2 Å². The molecule has 1 aromatic heterocycles. The van der Waals surface area contributed by atoms with E-state index < -0.39 is 0 Å². The topological polar surface area (TPSA) is 111 Å². The van der Waals surface area contributed by atoms with Crippen LogP contribution in [0, 0.1) is 18.3 Å². The van der Waals surface area contributed by atoms with Crippen LogP contribution in [-0.2, 0) is 6.61 Å². The van der Waals surface area contributed by atoms with Crippen molar-refractivity contribution in [3.05, 3.63) is 65.2 Å². The average Bonchev–Trinajstić information content (AvgIpc) is 2.61. The molecule has 2 aromatic carbocycles. The number of nitrogen functional groups attached to an aromatic ring is 2. The van der Waals surface area contributed by atoms with Crippen molar-refractivity contribution in [2.75, 3.05) is 11.5 Å².